The van der Waals surface area contributed by atoms with Gasteiger partial charge in [-0.05, 0) is 25.3 Å². The highest BCUT2D eigenvalue weighted by atomic mass is 16.5. The fraction of sp³-hybridized carbons (Fsp3) is 0.706. The lowest BCUT2D eigenvalue weighted by atomic mass is 10.1. The topological polar surface area (TPSA) is 67.4 Å². The lowest BCUT2D eigenvalue weighted by Crippen LogP contribution is -2.42. The minimum Gasteiger partial charge on any atom is -0.381 e. The van der Waals surface area contributed by atoms with Crippen molar-refractivity contribution in [2.24, 2.45) is 5.92 Å². The predicted octanol–water partition coefficient (Wildman–Crippen LogP) is 1.72. The molecule has 0 aromatic carbocycles. The number of hydrogen-bond donors (Lipinski definition) is 1. The molecule has 0 bridgehead atoms. The second-order valence-electron chi connectivity index (χ2n) is 6.75. The highest BCUT2D eigenvalue weighted by molar-refractivity contribution is 5.80. The second kappa shape index (κ2) is 7.25. The zero-order valence-corrected chi connectivity index (χ0v) is 14.0. The highest BCUT2D eigenvalue weighted by Gasteiger charge is 2.30. The van der Waals surface area contributed by atoms with E-state index in [0.29, 0.717) is 5.92 Å². The Morgan fingerprint density at radius 1 is 1.35 bits per heavy atom. The molecule has 23 heavy (non-hydrogen) atoms. The van der Waals surface area contributed by atoms with Crippen LogP contribution in [0.4, 0.5) is 5.82 Å². The van der Waals surface area contributed by atoms with E-state index in [-0.39, 0.29) is 17.9 Å². The maximum Gasteiger partial charge on any atom is 0.225 e. The van der Waals surface area contributed by atoms with Gasteiger partial charge < -0.3 is 15.0 Å². The molecule has 2 saturated heterocycles. The third kappa shape index (κ3) is 3.99. The Morgan fingerprint density at radius 3 is 2.87 bits per heavy atom. The Kier molecular flexibility index (Phi) is 5.10. The molecule has 0 radical (unpaired) electrons. The molecule has 6 heteroatoms. The van der Waals surface area contributed by atoms with Gasteiger partial charge in [-0.2, -0.15) is 0 Å². The van der Waals surface area contributed by atoms with Gasteiger partial charge in [-0.3, -0.25) is 4.79 Å². The average molecular weight is 318 g/mol. The Morgan fingerprint density at radius 2 is 2.13 bits per heavy atom. The Hall–Kier alpha value is -1.69. The standard InChI is InChI=1S/C17H26N4O2/c1-12(2)16-18-7-3-15(20-16)21-8-4-13(11-21)17(22)19-14-5-9-23-10-6-14/h3,7,12-14H,4-6,8-11H2,1-2H3,(H,19,22). The van der Waals surface area contributed by atoms with Crippen LogP contribution in [0, 0.1) is 5.92 Å². The maximum atomic E-state index is 12.5. The summed E-state index contributed by atoms with van der Waals surface area (Å²) in [7, 11) is 0. The first-order valence-electron chi connectivity index (χ1n) is 8.59. The largest absolute Gasteiger partial charge is 0.381 e. The van der Waals surface area contributed by atoms with Crippen LogP contribution in [0.5, 0.6) is 0 Å². The van der Waals surface area contributed by atoms with Gasteiger partial charge in [-0.1, -0.05) is 13.8 Å². The third-order valence-electron chi connectivity index (χ3n) is 4.63. The van der Waals surface area contributed by atoms with Crippen LogP contribution in [0.25, 0.3) is 0 Å². The monoisotopic (exact) mass is 318 g/mol. The van der Waals surface area contributed by atoms with E-state index in [4.69, 9.17) is 4.74 Å². The predicted molar refractivity (Wildman–Crippen MR) is 88.4 cm³/mol. The van der Waals surface area contributed by atoms with Gasteiger partial charge in [0.2, 0.25) is 5.91 Å². The van der Waals surface area contributed by atoms with Crippen LogP contribution in [0.3, 0.4) is 0 Å². The molecule has 1 N–H and O–H groups in total. The number of aromatic nitrogens is 2. The summed E-state index contributed by atoms with van der Waals surface area (Å²) in [6, 6.07) is 2.21. The first-order chi connectivity index (χ1) is 11.1. The minimum absolute atomic E-state index is 0.0512. The maximum absolute atomic E-state index is 12.5. The summed E-state index contributed by atoms with van der Waals surface area (Å²) in [5.41, 5.74) is 0. The number of hydrogen-bond acceptors (Lipinski definition) is 5. The summed E-state index contributed by atoms with van der Waals surface area (Å²) >= 11 is 0. The fourth-order valence-corrected chi connectivity index (χ4v) is 3.16. The fourth-order valence-electron chi connectivity index (χ4n) is 3.16. The summed E-state index contributed by atoms with van der Waals surface area (Å²) in [5.74, 6) is 2.33. The average Bonchev–Trinajstić information content (AvgIpc) is 3.06. The van der Waals surface area contributed by atoms with Crippen LogP contribution in [0.15, 0.2) is 12.3 Å². The molecular weight excluding hydrogens is 292 g/mol. The van der Waals surface area contributed by atoms with Gasteiger partial charge in [0, 0.05) is 44.5 Å². The van der Waals surface area contributed by atoms with Crippen LogP contribution in [-0.4, -0.2) is 48.2 Å². The van der Waals surface area contributed by atoms with E-state index >= 15 is 0 Å². The van der Waals surface area contributed by atoms with E-state index in [2.05, 4.69) is 34.0 Å². The number of ether oxygens (including phenoxy) is 1. The van der Waals surface area contributed by atoms with Crippen LogP contribution in [0.2, 0.25) is 0 Å². The van der Waals surface area contributed by atoms with Crippen LogP contribution >= 0.6 is 0 Å². The number of nitrogens with one attached hydrogen (secondary N) is 1. The van der Waals surface area contributed by atoms with Gasteiger partial charge in [0.15, 0.2) is 0 Å². The van der Waals surface area contributed by atoms with Crippen molar-refractivity contribution in [2.75, 3.05) is 31.2 Å². The molecule has 0 saturated carbocycles. The van der Waals surface area contributed by atoms with Gasteiger partial charge in [-0.25, -0.2) is 9.97 Å². The molecule has 1 aromatic heterocycles. The van der Waals surface area contributed by atoms with Crippen LogP contribution in [-0.2, 0) is 9.53 Å². The lowest BCUT2D eigenvalue weighted by molar-refractivity contribution is -0.125. The summed E-state index contributed by atoms with van der Waals surface area (Å²) in [6.45, 7) is 7.30. The smallest absolute Gasteiger partial charge is 0.225 e. The highest BCUT2D eigenvalue weighted by Crippen LogP contribution is 2.23. The van der Waals surface area contributed by atoms with Crippen LogP contribution in [0.1, 0.15) is 44.9 Å². The van der Waals surface area contributed by atoms with E-state index in [1.807, 2.05) is 12.3 Å². The first kappa shape index (κ1) is 16.2. The summed E-state index contributed by atoms with van der Waals surface area (Å²) in [5, 5.41) is 3.18. The zero-order chi connectivity index (χ0) is 16.2. The molecule has 0 aliphatic carbocycles. The molecule has 1 unspecified atom stereocenters. The van der Waals surface area contributed by atoms with E-state index < -0.39 is 0 Å². The van der Waals surface area contributed by atoms with Crippen molar-refractivity contribution >= 4 is 11.7 Å². The molecule has 126 valence electrons. The third-order valence-corrected chi connectivity index (χ3v) is 4.63. The quantitative estimate of drug-likeness (QED) is 0.915. The van der Waals surface area contributed by atoms with Gasteiger partial charge in [0.1, 0.15) is 11.6 Å². The molecule has 2 fully saturated rings. The van der Waals surface area contributed by atoms with Gasteiger partial charge in [0.05, 0.1) is 5.92 Å². The van der Waals surface area contributed by atoms with Crippen molar-refractivity contribution in [3.63, 3.8) is 0 Å². The molecule has 0 spiro atoms. The number of carbonyl (C=O) groups excluding carboxylic acids is 1. The summed E-state index contributed by atoms with van der Waals surface area (Å²) in [4.78, 5) is 23.6. The van der Waals surface area contributed by atoms with E-state index in [9.17, 15) is 4.79 Å². The molecule has 1 amide bonds. The number of carbonyl (C=O) groups is 1. The van der Waals surface area contributed by atoms with Gasteiger partial charge in [-0.15, -0.1) is 0 Å². The Bertz CT molecular complexity index is 543. The number of amides is 1. The van der Waals surface area contributed by atoms with Crippen molar-refractivity contribution in [2.45, 2.75) is 45.1 Å². The molecule has 1 aromatic rings. The van der Waals surface area contributed by atoms with Gasteiger partial charge in [0.25, 0.3) is 0 Å². The summed E-state index contributed by atoms with van der Waals surface area (Å²) in [6.07, 6.45) is 4.54. The van der Waals surface area contributed by atoms with Crippen LogP contribution < -0.4 is 10.2 Å². The van der Waals surface area contributed by atoms with Crippen molar-refractivity contribution in [3.8, 4) is 0 Å². The van der Waals surface area contributed by atoms with Crippen molar-refractivity contribution in [1.82, 2.24) is 15.3 Å². The molecule has 2 aliphatic rings. The number of rotatable bonds is 4. The van der Waals surface area contributed by atoms with Gasteiger partial charge >= 0.3 is 0 Å². The second-order valence-corrected chi connectivity index (χ2v) is 6.75. The molecule has 2 aliphatic heterocycles. The molecule has 3 heterocycles. The van der Waals surface area contributed by atoms with E-state index in [1.165, 1.54) is 0 Å². The normalized spacial score (nSPS) is 22.6. The number of nitrogens with zero attached hydrogens (tertiary/aromatic N) is 3. The minimum atomic E-state index is 0.0512. The first-order valence-corrected chi connectivity index (χ1v) is 8.59. The number of anilines is 1. The lowest BCUT2D eigenvalue weighted by Gasteiger charge is -2.24. The van der Waals surface area contributed by atoms with Crippen molar-refractivity contribution in [1.29, 1.82) is 0 Å². The Labute approximate surface area is 137 Å². The summed E-state index contributed by atoms with van der Waals surface area (Å²) < 4.78 is 5.34. The van der Waals surface area contributed by atoms with E-state index in [0.717, 1.165) is 57.2 Å². The molecule has 1 atom stereocenters. The Balaban J connectivity index is 1.57. The van der Waals surface area contributed by atoms with Crippen molar-refractivity contribution in [3.05, 3.63) is 18.1 Å². The SMILES string of the molecule is CC(C)c1nccc(N2CCC(C(=O)NC3CCOCC3)C2)n1. The zero-order valence-electron chi connectivity index (χ0n) is 14.0. The molecular formula is C17H26N4O2. The molecule has 6 nitrogen and oxygen atoms in total. The molecule has 3 rings (SSSR count). The van der Waals surface area contributed by atoms with E-state index in [1.54, 1.807) is 0 Å². The van der Waals surface area contributed by atoms with Crippen molar-refractivity contribution < 1.29 is 9.53 Å².